The van der Waals surface area contributed by atoms with Gasteiger partial charge in [-0.05, 0) is 62.6 Å². The van der Waals surface area contributed by atoms with Gasteiger partial charge in [-0.2, -0.15) is 9.78 Å². The van der Waals surface area contributed by atoms with Gasteiger partial charge in [-0.1, -0.05) is 23.5 Å². The molecule has 4 aromatic rings. The van der Waals surface area contributed by atoms with Crippen LogP contribution in [0.3, 0.4) is 0 Å². The number of benzene rings is 2. The van der Waals surface area contributed by atoms with Gasteiger partial charge in [0.25, 0.3) is 5.91 Å². The summed E-state index contributed by atoms with van der Waals surface area (Å²) in [6, 6.07) is 15.2. The summed E-state index contributed by atoms with van der Waals surface area (Å²) in [7, 11) is 0. The van der Waals surface area contributed by atoms with Crippen molar-refractivity contribution in [1.29, 1.82) is 0 Å². The van der Waals surface area contributed by atoms with E-state index < -0.39 is 0 Å². The smallest absolute Gasteiger partial charge is 0.256 e. The van der Waals surface area contributed by atoms with E-state index in [9.17, 15) is 4.79 Å². The SMILES string of the molecule is CCOc1ccc(C(=O)Nc2c3c(nn2-c2nc4ccccc4s2)CCC3)cc1. The van der Waals surface area contributed by atoms with Crippen molar-refractivity contribution in [3.05, 3.63) is 65.4 Å². The minimum atomic E-state index is -0.162. The second kappa shape index (κ2) is 7.33. The van der Waals surface area contributed by atoms with Crippen LogP contribution in [-0.2, 0) is 12.8 Å². The van der Waals surface area contributed by atoms with Crippen LogP contribution in [0.4, 0.5) is 5.82 Å². The first-order valence-corrected chi connectivity index (χ1v) is 10.6. The van der Waals surface area contributed by atoms with Crippen molar-refractivity contribution in [3.8, 4) is 10.9 Å². The summed E-state index contributed by atoms with van der Waals surface area (Å²) in [5.74, 6) is 1.32. The highest BCUT2D eigenvalue weighted by atomic mass is 32.1. The number of hydrogen-bond donors (Lipinski definition) is 1. The van der Waals surface area contributed by atoms with E-state index in [-0.39, 0.29) is 5.91 Å². The van der Waals surface area contributed by atoms with Crippen LogP contribution in [0.25, 0.3) is 15.3 Å². The molecule has 0 bridgehead atoms. The Morgan fingerprint density at radius 1 is 1.17 bits per heavy atom. The Bertz CT molecular complexity index is 1160. The Labute approximate surface area is 172 Å². The lowest BCUT2D eigenvalue weighted by Gasteiger charge is -2.09. The van der Waals surface area contributed by atoms with Crippen LogP contribution >= 0.6 is 11.3 Å². The van der Waals surface area contributed by atoms with Crippen LogP contribution in [0.15, 0.2) is 48.5 Å². The van der Waals surface area contributed by atoms with E-state index >= 15 is 0 Å². The minimum Gasteiger partial charge on any atom is -0.494 e. The standard InChI is InChI=1S/C22H20N4O2S/c1-2-28-15-12-10-14(11-13-15)21(27)24-20-16-6-5-8-17(16)25-26(20)22-23-18-7-3-4-9-19(18)29-22/h3-4,7,9-13H,2,5-6,8H2,1H3,(H,24,27). The first kappa shape index (κ1) is 17.9. The molecule has 0 atom stereocenters. The molecular formula is C22H20N4O2S. The van der Waals surface area contributed by atoms with Gasteiger partial charge in [0, 0.05) is 11.1 Å². The van der Waals surface area contributed by atoms with E-state index in [0.29, 0.717) is 12.2 Å². The highest BCUT2D eigenvalue weighted by Gasteiger charge is 2.26. The number of nitrogens with zero attached hydrogens (tertiary/aromatic N) is 3. The highest BCUT2D eigenvalue weighted by molar-refractivity contribution is 7.20. The van der Waals surface area contributed by atoms with E-state index in [1.807, 2.05) is 43.3 Å². The first-order chi connectivity index (χ1) is 14.2. The Morgan fingerprint density at radius 3 is 2.79 bits per heavy atom. The highest BCUT2D eigenvalue weighted by Crippen LogP contribution is 2.34. The molecule has 146 valence electrons. The van der Waals surface area contributed by atoms with Crippen molar-refractivity contribution in [2.45, 2.75) is 26.2 Å². The molecule has 6 nitrogen and oxygen atoms in total. The molecule has 2 heterocycles. The van der Waals surface area contributed by atoms with E-state index in [1.165, 1.54) is 0 Å². The summed E-state index contributed by atoms with van der Waals surface area (Å²) in [4.78, 5) is 17.6. The normalized spacial score (nSPS) is 12.9. The van der Waals surface area contributed by atoms with Crippen molar-refractivity contribution in [1.82, 2.24) is 14.8 Å². The van der Waals surface area contributed by atoms with E-state index in [1.54, 1.807) is 28.2 Å². The predicted octanol–water partition coefficient (Wildman–Crippen LogP) is 4.62. The number of carbonyl (C=O) groups excluding carboxylic acids is 1. The number of nitrogens with one attached hydrogen (secondary N) is 1. The molecule has 0 aliphatic heterocycles. The molecule has 2 aromatic heterocycles. The number of para-hydroxylation sites is 1. The zero-order valence-electron chi connectivity index (χ0n) is 16.0. The van der Waals surface area contributed by atoms with Crippen molar-refractivity contribution in [2.75, 3.05) is 11.9 Å². The van der Waals surface area contributed by atoms with Crippen LogP contribution in [0, 0.1) is 0 Å². The molecule has 7 heteroatoms. The van der Waals surface area contributed by atoms with Gasteiger partial charge in [-0.3, -0.25) is 4.79 Å². The fourth-order valence-corrected chi connectivity index (χ4v) is 4.58. The predicted molar refractivity (Wildman–Crippen MR) is 114 cm³/mol. The monoisotopic (exact) mass is 404 g/mol. The van der Waals surface area contributed by atoms with Gasteiger partial charge in [0.1, 0.15) is 11.6 Å². The lowest BCUT2D eigenvalue weighted by atomic mass is 10.2. The number of thiazole rings is 1. The quantitative estimate of drug-likeness (QED) is 0.527. The number of hydrogen-bond acceptors (Lipinski definition) is 5. The zero-order chi connectivity index (χ0) is 19.8. The third-order valence-corrected chi connectivity index (χ3v) is 6.04. The number of carbonyl (C=O) groups is 1. The van der Waals surface area contributed by atoms with E-state index in [4.69, 9.17) is 14.8 Å². The first-order valence-electron chi connectivity index (χ1n) is 9.74. The van der Waals surface area contributed by atoms with Crippen molar-refractivity contribution in [3.63, 3.8) is 0 Å². The number of anilines is 1. The summed E-state index contributed by atoms with van der Waals surface area (Å²) in [5.41, 5.74) is 3.68. The Kier molecular flexibility index (Phi) is 4.52. The van der Waals surface area contributed by atoms with E-state index in [0.717, 1.165) is 57.4 Å². The fraction of sp³-hybridized carbons (Fsp3) is 0.227. The molecule has 0 radical (unpaired) electrons. The van der Waals surface area contributed by atoms with Crippen LogP contribution in [0.2, 0.25) is 0 Å². The molecule has 0 spiro atoms. The fourth-order valence-electron chi connectivity index (χ4n) is 3.66. The second-order valence-electron chi connectivity index (χ2n) is 6.91. The molecule has 2 aromatic carbocycles. The Morgan fingerprint density at radius 2 is 2.00 bits per heavy atom. The van der Waals surface area contributed by atoms with Crippen LogP contribution in [-0.4, -0.2) is 27.3 Å². The molecule has 1 aliphatic carbocycles. The summed E-state index contributed by atoms with van der Waals surface area (Å²) in [6.07, 6.45) is 2.91. The number of fused-ring (bicyclic) bond motifs is 2. The molecule has 1 amide bonds. The van der Waals surface area contributed by atoms with Gasteiger partial charge in [0.2, 0.25) is 5.13 Å². The van der Waals surface area contributed by atoms with Crippen LogP contribution in [0.5, 0.6) is 5.75 Å². The van der Waals surface area contributed by atoms with E-state index in [2.05, 4.69) is 5.32 Å². The maximum atomic E-state index is 12.9. The number of aromatic nitrogens is 3. The van der Waals surface area contributed by atoms with Gasteiger partial charge in [-0.15, -0.1) is 0 Å². The van der Waals surface area contributed by atoms with Crippen LogP contribution < -0.4 is 10.1 Å². The number of rotatable bonds is 5. The largest absolute Gasteiger partial charge is 0.494 e. The van der Waals surface area contributed by atoms with Gasteiger partial charge in [0.15, 0.2) is 0 Å². The van der Waals surface area contributed by atoms with Crippen molar-refractivity contribution in [2.24, 2.45) is 0 Å². The summed E-state index contributed by atoms with van der Waals surface area (Å²) in [5, 5.41) is 8.63. The molecule has 29 heavy (non-hydrogen) atoms. The van der Waals surface area contributed by atoms with Gasteiger partial charge >= 0.3 is 0 Å². The summed E-state index contributed by atoms with van der Waals surface area (Å²) < 4.78 is 8.35. The molecular weight excluding hydrogens is 384 g/mol. The topological polar surface area (TPSA) is 69.0 Å². The van der Waals surface area contributed by atoms with Gasteiger partial charge in [0.05, 0.1) is 22.5 Å². The van der Waals surface area contributed by atoms with Crippen molar-refractivity contribution >= 4 is 33.3 Å². The van der Waals surface area contributed by atoms with Crippen LogP contribution in [0.1, 0.15) is 35.0 Å². The maximum Gasteiger partial charge on any atom is 0.256 e. The number of aryl methyl sites for hydroxylation is 1. The second-order valence-corrected chi connectivity index (χ2v) is 7.92. The lowest BCUT2D eigenvalue weighted by Crippen LogP contribution is -2.16. The average molecular weight is 404 g/mol. The Balaban J connectivity index is 1.50. The molecule has 0 unspecified atom stereocenters. The molecule has 1 N–H and O–H groups in total. The zero-order valence-corrected chi connectivity index (χ0v) is 16.8. The molecule has 0 fully saturated rings. The maximum absolute atomic E-state index is 12.9. The molecule has 0 saturated heterocycles. The lowest BCUT2D eigenvalue weighted by molar-refractivity contribution is 0.102. The third-order valence-electron chi connectivity index (χ3n) is 5.03. The summed E-state index contributed by atoms with van der Waals surface area (Å²) in [6.45, 7) is 2.53. The van der Waals surface area contributed by atoms with Crippen molar-refractivity contribution < 1.29 is 9.53 Å². The summed E-state index contributed by atoms with van der Waals surface area (Å²) >= 11 is 1.57. The number of ether oxygens (including phenoxy) is 1. The average Bonchev–Trinajstić information content (AvgIpc) is 3.43. The molecule has 5 rings (SSSR count). The minimum absolute atomic E-state index is 0.162. The number of amides is 1. The third kappa shape index (κ3) is 3.27. The molecule has 0 saturated carbocycles. The van der Waals surface area contributed by atoms with Gasteiger partial charge < -0.3 is 10.1 Å². The Hall–Kier alpha value is -3.19. The van der Waals surface area contributed by atoms with Gasteiger partial charge in [-0.25, -0.2) is 4.98 Å². The molecule has 1 aliphatic rings.